The molecule has 27 heavy (non-hydrogen) atoms. The Morgan fingerprint density at radius 1 is 1.11 bits per heavy atom. The van der Waals surface area contributed by atoms with E-state index in [0.29, 0.717) is 5.52 Å². The van der Waals surface area contributed by atoms with Crippen molar-refractivity contribution < 1.29 is 35.4 Å². The van der Waals surface area contributed by atoms with Gasteiger partial charge in [-0.25, -0.2) is 0 Å². The molecule has 6 atom stereocenters. The lowest BCUT2D eigenvalue weighted by Crippen LogP contribution is -2.56. The second-order valence-corrected chi connectivity index (χ2v) is 7.67. The molecular weight excluding hydrogens is 354 g/mol. The standard InChI is InChI=1S/C19H27NO7/c1-19(2,26)14(22)7-10-8-20(12-6-4-3-5-11(10)12)18-17(25)16(24)15(23)13(9-21)27-18/h3-6,8,13-18,21-26H,7,9H2,1-2H3/t13-,14+,15-,16+,17-,18+/m1/s1. The van der Waals surface area contributed by atoms with Gasteiger partial charge in [0.15, 0.2) is 6.23 Å². The highest BCUT2D eigenvalue weighted by atomic mass is 16.6. The highest BCUT2D eigenvalue weighted by Crippen LogP contribution is 2.34. The Morgan fingerprint density at radius 2 is 1.78 bits per heavy atom. The van der Waals surface area contributed by atoms with Gasteiger partial charge in [0.25, 0.3) is 0 Å². The summed E-state index contributed by atoms with van der Waals surface area (Å²) in [5, 5.41) is 61.0. The molecule has 0 amide bonds. The largest absolute Gasteiger partial charge is 0.394 e. The first-order valence-electron chi connectivity index (χ1n) is 8.94. The summed E-state index contributed by atoms with van der Waals surface area (Å²) in [6.07, 6.45) is -5.51. The number of hydrogen-bond donors (Lipinski definition) is 6. The second kappa shape index (κ2) is 7.48. The molecule has 1 aromatic heterocycles. The molecule has 1 saturated heterocycles. The van der Waals surface area contributed by atoms with E-state index in [1.54, 1.807) is 22.9 Å². The highest BCUT2D eigenvalue weighted by Gasteiger charge is 2.44. The molecule has 8 heteroatoms. The SMILES string of the molecule is CC(C)(O)[C@@H](O)Cc1cn([C@H]2O[C@H](CO)[C@@H](O)[C@H](O)[C@H]2O)c2ccccc12. The number of aromatic nitrogens is 1. The van der Waals surface area contributed by atoms with E-state index in [2.05, 4.69) is 0 Å². The van der Waals surface area contributed by atoms with Gasteiger partial charge in [0.2, 0.25) is 0 Å². The molecule has 1 aliphatic heterocycles. The lowest BCUT2D eigenvalue weighted by atomic mass is 9.95. The topological polar surface area (TPSA) is 136 Å². The Kier molecular flexibility index (Phi) is 5.60. The summed E-state index contributed by atoms with van der Waals surface area (Å²) < 4.78 is 7.27. The van der Waals surface area contributed by atoms with Gasteiger partial charge < -0.3 is 39.9 Å². The number of aliphatic hydroxyl groups excluding tert-OH is 5. The molecule has 0 bridgehead atoms. The predicted octanol–water partition coefficient (Wildman–Crippen LogP) is -0.712. The van der Waals surface area contributed by atoms with Crippen molar-refractivity contribution in [1.82, 2.24) is 4.57 Å². The molecular formula is C19H27NO7. The van der Waals surface area contributed by atoms with Gasteiger partial charge in [-0.3, -0.25) is 0 Å². The smallest absolute Gasteiger partial charge is 0.163 e. The van der Waals surface area contributed by atoms with Crippen molar-refractivity contribution in [3.8, 4) is 0 Å². The highest BCUT2D eigenvalue weighted by molar-refractivity contribution is 5.84. The van der Waals surface area contributed by atoms with Gasteiger partial charge in [0, 0.05) is 18.0 Å². The third-order valence-electron chi connectivity index (χ3n) is 5.19. The zero-order valence-electron chi connectivity index (χ0n) is 15.3. The maximum atomic E-state index is 10.4. The van der Waals surface area contributed by atoms with Crippen LogP contribution in [0.3, 0.4) is 0 Å². The van der Waals surface area contributed by atoms with Crippen LogP contribution in [-0.4, -0.2) is 77.9 Å². The van der Waals surface area contributed by atoms with Crippen LogP contribution in [0, 0.1) is 0 Å². The lowest BCUT2D eigenvalue weighted by molar-refractivity contribution is -0.250. The molecule has 0 spiro atoms. The van der Waals surface area contributed by atoms with E-state index in [1.165, 1.54) is 13.8 Å². The summed E-state index contributed by atoms with van der Waals surface area (Å²) in [5.74, 6) is 0. The van der Waals surface area contributed by atoms with Crippen LogP contribution >= 0.6 is 0 Å². The number of ether oxygens (including phenoxy) is 1. The van der Waals surface area contributed by atoms with E-state index in [4.69, 9.17) is 4.74 Å². The predicted molar refractivity (Wildman–Crippen MR) is 97.0 cm³/mol. The third-order valence-corrected chi connectivity index (χ3v) is 5.19. The molecule has 0 radical (unpaired) electrons. The van der Waals surface area contributed by atoms with Crippen molar-refractivity contribution in [2.75, 3.05) is 6.61 Å². The van der Waals surface area contributed by atoms with E-state index in [-0.39, 0.29) is 6.42 Å². The third kappa shape index (κ3) is 3.74. The van der Waals surface area contributed by atoms with Crippen molar-refractivity contribution in [3.05, 3.63) is 36.0 Å². The zero-order chi connectivity index (χ0) is 19.9. The molecule has 1 aliphatic rings. The Bertz CT molecular complexity index is 782. The van der Waals surface area contributed by atoms with Gasteiger partial charge in [-0.15, -0.1) is 0 Å². The van der Waals surface area contributed by atoms with Crippen LogP contribution in [0.15, 0.2) is 30.5 Å². The molecule has 0 aliphatic carbocycles. The Morgan fingerprint density at radius 3 is 2.41 bits per heavy atom. The molecule has 2 heterocycles. The number of benzene rings is 1. The average molecular weight is 381 g/mol. The van der Waals surface area contributed by atoms with Gasteiger partial charge in [-0.1, -0.05) is 18.2 Å². The van der Waals surface area contributed by atoms with Gasteiger partial charge in [-0.2, -0.15) is 0 Å². The second-order valence-electron chi connectivity index (χ2n) is 7.67. The van der Waals surface area contributed by atoms with Crippen LogP contribution in [0.1, 0.15) is 25.6 Å². The molecule has 3 rings (SSSR count). The molecule has 2 aromatic rings. The van der Waals surface area contributed by atoms with Crippen LogP contribution in [0.2, 0.25) is 0 Å². The van der Waals surface area contributed by atoms with Crippen LogP contribution in [0.4, 0.5) is 0 Å². The zero-order valence-corrected chi connectivity index (χ0v) is 15.3. The summed E-state index contributed by atoms with van der Waals surface area (Å²) in [4.78, 5) is 0. The van der Waals surface area contributed by atoms with E-state index < -0.39 is 49.0 Å². The maximum Gasteiger partial charge on any atom is 0.163 e. The Labute approximate surface area is 156 Å². The first-order valence-corrected chi connectivity index (χ1v) is 8.94. The molecule has 8 nitrogen and oxygen atoms in total. The fourth-order valence-electron chi connectivity index (χ4n) is 3.42. The molecule has 1 fully saturated rings. The molecule has 150 valence electrons. The monoisotopic (exact) mass is 381 g/mol. The lowest BCUT2D eigenvalue weighted by Gasteiger charge is -2.40. The first kappa shape index (κ1) is 20.2. The Hall–Kier alpha value is -1.52. The summed E-state index contributed by atoms with van der Waals surface area (Å²) in [6.45, 7) is 2.54. The fraction of sp³-hybridized carbons (Fsp3) is 0.579. The van der Waals surface area contributed by atoms with Gasteiger partial charge in [0.1, 0.15) is 24.4 Å². The number of para-hydroxylation sites is 1. The van der Waals surface area contributed by atoms with Crippen molar-refractivity contribution in [2.24, 2.45) is 0 Å². The summed E-state index contributed by atoms with van der Waals surface area (Å²) in [7, 11) is 0. The van der Waals surface area contributed by atoms with E-state index in [9.17, 15) is 30.6 Å². The van der Waals surface area contributed by atoms with Crippen LogP contribution in [0.25, 0.3) is 10.9 Å². The Balaban J connectivity index is 2.02. The van der Waals surface area contributed by atoms with Crippen molar-refractivity contribution in [2.45, 2.75) is 62.6 Å². The summed E-state index contributed by atoms with van der Waals surface area (Å²) in [5.41, 5.74) is 0.142. The number of rotatable bonds is 5. The van der Waals surface area contributed by atoms with Gasteiger partial charge in [-0.05, 0) is 25.5 Å². The fourth-order valence-corrected chi connectivity index (χ4v) is 3.42. The molecule has 1 aromatic carbocycles. The van der Waals surface area contributed by atoms with Crippen LogP contribution in [0.5, 0.6) is 0 Å². The normalized spacial score (nSPS) is 30.6. The van der Waals surface area contributed by atoms with Crippen LogP contribution in [-0.2, 0) is 11.2 Å². The minimum atomic E-state index is -1.48. The number of aliphatic hydroxyl groups is 6. The average Bonchev–Trinajstić information content (AvgIpc) is 2.98. The van der Waals surface area contributed by atoms with E-state index in [0.717, 1.165) is 10.9 Å². The maximum absolute atomic E-state index is 10.4. The number of nitrogens with zero attached hydrogens (tertiary/aromatic N) is 1. The van der Waals surface area contributed by atoms with Crippen molar-refractivity contribution >= 4 is 10.9 Å². The van der Waals surface area contributed by atoms with Gasteiger partial charge in [0.05, 0.1) is 23.8 Å². The van der Waals surface area contributed by atoms with E-state index >= 15 is 0 Å². The first-order chi connectivity index (χ1) is 12.6. The van der Waals surface area contributed by atoms with Gasteiger partial charge >= 0.3 is 0 Å². The summed E-state index contributed by atoms with van der Waals surface area (Å²) >= 11 is 0. The molecule has 6 N–H and O–H groups in total. The number of hydrogen-bond acceptors (Lipinski definition) is 7. The van der Waals surface area contributed by atoms with Crippen molar-refractivity contribution in [3.63, 3.8) is 0 Å². The minimum Gasteiger partial charge on any atom is -0.394 e. The summed E-state index contributed by atoms with van der Waals surface area (Å²) in [6, 6.07) is 7.29. The van der Waals surface area contributed by atoms with E-state index in [1.807, 2.05) is 12.1 Å². The molecule has 0 saturated carbocycles. The quantitative estimate of drug-likeness (QED) is 0.403. The van der Waals surface area contributed by atoms with Crippen LogP contribution < -0.4 is 0 Å². The minimum absolute atomic E-state index is 0.175. The van der Waals surface area contributed by atoms with Crippen molar-refractivity contribution in [1.29, 1.82) is 0 Å². The number of fused-ring (bicyclic) bond motifs is 1. The molecule has 0 unspecified atom stereocenters.